The SMILES string of the molecule is O=C1O[C@@H](CO)CN1C1CCCC1. The van der Waals surface area contributed by atoms with Gasteiger partial charge in [-0.1, -0.05) is 12.8 Å². The number of rotatable bonds is 2. The fourth-order valence-corrected chi connectivity index (χ4v) is 2.15. The number of nitrogens with zero attached hydrogens (tertiary/aromatic N) is 1. The average Bonchev–Trinajstić information content (AvgIpc) is 2.72. The quantitative estimate of drug-likeness (QED) is 0.690. The molecule has 0 aromatic heterocycles. The monoisotopic (exact) mass is 185 g/mol. The lowest BCUT2D eigenvalue weighted by Crippen LogP contribution is -2.34. The van der Waals surface area contributed by atoms with Gasteiger partial charge in [0.2, 0.25) is 0 Å². The van der Waals surface area contributed by atoms with E-state index in [9.17, 15) is 4.79 Å². The van der Waals surface area contributed by atoms with Gasteiger partial charge in [-0.3, -0.25) is 0 Å². The molecule has 2 aliphatic rings. The van der Waals surface area contributed by atoms with E-state index in [0.29, 0.717) is 12.6 Å². The molecule has 1 heterocycles. The van der Waals surface area contributed by atoms with Crippen LogP contribution in [0.4, 0.5) is 4.79 Å². The van der Waals surface area contributed by atoms with E-state index in [1.54, 1.807) is 4.90 Å². The minimum Gasteiger partial charge on any atom is -0.442 e. The summed E-state index contributed by atoms with van der Waals surface area (Å²) in [4.78, 5) is 13.1. The Morgan fingerprint density at radius 3 is 2.69 bits per heavy atom. The van der Waals surface area contributed by atoms with E-state index >= 15 is 0 Å². The van der Waals surface area contributed by atoms with Crippen LogP contribution in [-0.2, 0) is 4.74 Å². The normalized spacial score (nSPS) is 29.8. The molecule has 1 amide bonds. The molecule has 1 aliphatic heterocycles. The third-order valence-electron chi connectivity index (χ3n) is 2.87. The first-order chi connectivity index (χ1) is 6.31. The molecule has 4 heteroatoms. The number of aliphatic hydroxyl groups excluding tert-OH is 1. The Bertz CT molecular complexity index is 201. The van der Waals surface area contributed by atoms with E-state index in [-0.39, 0.29) is 18.8 Å². The third-order valence-corrected chi connectivity index (χ3v) is 2.87. The van der Waals surface area contributed by atoms with Crippen LogP contribution >= 0.6 is 0 Å². The van der Waals surface area contributed by atoms with Crippen molar-refractivity contribution in [3.05, 3.63) is 0 Å². The number of hydrogen-bond donors (Lipinski definition) is 1. The van der Waals surface area contributed by atoms with Crippen LogP contribution in [0.2, 0.25) is 0 Å². The first kappa shape index (κ1) is 8.81. The van der Waals surface area contributed by atoms with E-state index in [1.165, 1.54) is 12.8 Å². The number of aliphatic hydroxyl groups is 1. The number of cyclic esters (lactones) is 1. The van der Waals surface area contributed by atoms with Crippen molar-refractivity contribution in [2.45, 2.75) is 37.8 Å². The van der Waals surface area contributed by atoms with Crippen LogP contribution in [-0.4, -0.2) is 41.4 Å². The average molecular weight is 185 g/mol. The van der Waals surface area contributed by atoms with Gasteiger partial charge in [0.25, 0.3) is 0 Å². The van der Waals surface area contributed by atoms with Crippen molar-refractivity contribution in [2.24, 2.45) is 0 Å². The lowest BCUT2D eigenvalue weighted by atomic mass is 10.2. The highest BCUT2D eigenvalue weighted by molar-refractivity contribution is 5.70. The molecule has 0 unspecified atom stereocenters. The Morgan fingerprint density at radius 2 is 2.15 bits per heavy atom. The molecule has 0 radical (unpaired) electrons. The second kappa shape index (κ2) is 3.54. The first-order valence-corrected chi connectivity index (χ1v) is 4.89. The number of carbonyl (C=O) groups excluding carboxylic acids is 1. The van der Waals surface area contributed by atoms with Gasteiger partial charge < -0.3 is 14.7 Å². The Hall–Kier alpha value is -0.770. The van der Waals surface area contributed by atoms with Crippen molar-refractivity contribution in [3.63, 3.8) is 0 Å². The van der Waals surface area contributed by atoms with Crippen LogP contribution in [0, 0.1) is 0 Å². The van der Waals surface area contributed by atoms with E-state index in [1.807, 2.05) is 0 Å². The van der Waals surface area contributed by atoms with E-state index in [4.69, 9.17) is 9.84 Å². The van der Waals surface area contributed by atoms with Crippen LogP contribution in [0.25, 0.3) is 0 Å². The number of carbonyl (C=O) groups is 1. The lowest BCUT2D eigenvalue weighted by Gasteiger charge is -2.20. The molecule has 1 atom stereocenters. The van der Waals surface area contributed by atoms with Crippen molar-refractivity contribution in [2.75, 3.05) is 13.2 Å². The predicted octanol–water partition coefficient (Wildman–Crippen LogP) is 0.742. The molecule has 74 valence electrons. The van der Waals surface area contributed by atoms with E-state index < -0.39 is 0 Å². The van der Waals surface area contributed by atoms with Gasteiger partial charge in [0.15, 0.2) is 0 Å². The molecular formula is C9H15NO3. The van der Waals surface area contributed by atoms with Crippen molar-refractivity contribution in [1.29, 1.82) is 0 Å². The molecule has 0 aromatic rings. The molecule has 2 rings (SSSR count). The highest BCUT2D eigenvalue weighted by Gasteiger charge is 2.36. The Kier molecular flexibility index (Phi) is 2.40. The van der Waals surface area contributed by atoms with Crippen LogP contribution in [0.3, 0.4) is 0 Å². The maximum absolute atomic E-state index is 11.3. The molecule has 1 N–H and O–H groups in total. The van der Waals surface area contributed by atoms with Gasteiger partial charge in [-0.15, -0.1) is 0 Å². The van der Waals surface area contributed by atoms with Crippen LogP contribution < -0.4 is 0 Å². The second-order valence-corrected chi connectivity index (χ2v) is 3.78. The largest absolute Gasteiger partial charge is 0.442 e. The molecule has 13 heavy (non-hydrogen) atoms. The summed E-state index contributed by atoms with van der Waals surface area (Å²) in [5, 5.41) is 8.84. The third kappa shape index (κ3) is 1.63. The first-order valence-electron chi connectivity index (χ1n) is 4.89. The smallest absolute Gasteiger partial charge is 0.410 e. The number of hydrogen-bond acceptors (Lipinski definition) is 3. The molecule has 1 saturated carbocycles. The Balaban J connectivity index is 1.95. The summed E-state index contributed by atoms with van der Waals surface area (Å²) < 4.78 is 4.97. The van der Waals surface area contributed by atoms with Crippen molar-refractivity contribution >= 4 is 6.09 Å². The Morgan fingerprint density at radius 1 is 1.46 bits per heavy atom. The lowest BCUT2D eigenvalue weighted by molar-refractivity contribution is 0.0940. The molecule has 2 fully saturated rings. The summed E-state index contributed by atoms with van der Waals surface area (Å²) in [6.45, 7) is 0.509. The highest BCUT2D eigenvalue weighted by atomic mass is 16.6. The van der Waals surface area contributed by atoms with Gasteiger partial charge in [-0.05, 0) is 12.8 Å². The van der Waals surface area contributed by atoms with Crippen molar-refractivity contribution in [1.82, 2.24) is 4.90 Å². The van der Waals surface area contributed by atoms with Crippen LogP contribution in [0.5, 0.6) is 0 Å². The van der Waals surface area contributed by atoms with Crippen LogP contribution in [0.1, 0.15) is 25.7 Å². The summed E-state index contributed by atoms with van der Waals surface area (Å²) in [7, 11) is 0. The van der Waals surface area contributed by atoms with Gasteiger partial charge in [0.1, 0.15) is 6.10 Å². The molecule has 1 saturated heterocycles. The van der Waals surface area contributed by atoms with Crippen molar-refractivity contribution in [3.8, 4) is 0 Å². The maximum atomic E-state index is 11.3. The standard InChI is InChI=1S/C9H15NO3/c11-6-8-5-10(9(12)13-8)7-3-1-2-4-7/h7-8,11H,1-6H2/t8-/m1/s1. The van der Waals surface area contributed by atoms with Gasteiger partial charge in [0, 0.05) is 6.04 Å². The van der Waals surface area contributed by atoms with Crippen LogP contribution in [0.15, 0.2) is 0 Å². The maximum Gasteiger partial charge on any atom is 0.410 e. The second-order valence-electron chi connectivity index (χ2n) is 3.78. The van der Waals surface area contributed by atoms with E-state index in [2.05, 4.69) is 0 Å². The zero-order chi connectivity index (χ0) is 9.26. The fourth-order valence-electron chi connectivity index (χ4n) is 2.15. The molecular weight excluding hydrogens is 170 g/mol. The Labute approximate surface area is 77.5 Å². The topological polar surface area (TPSA) is 49.8 Å². The summed E-state index contributed by atoms with van der Waals surface area (Å²) >= 11 is 0. The van der Waals surface area contributed by atoms with Gasteiger partial charge in [-0.2, -0.15) is 0 Å². The molecule has 4 nitrogen and oxygen atoms in total. The molecule has 0 spiro atoms. The summed E-state index contributed by atoms with van der Waals surface area (Å²) in [5.41, 5.74) is 0. The zero-order valence-electron chi connectivity index (χ0n) is 7.61. The summed E-state index contributed by atoms with van der Waals surface area (Å²) in [6, 6.07) is 0.365. The predicted molar refractivity (Wildman–Crippen MR) is 46.3 cm³/mol. The zero-order valence-corrected chi connectivity index (χ0v) is 7.61. The highest BCUT2D eigenvalue weighted by Crippen LogP contribution is 2.26. The minimum atomic E-state index is -0.298. The van der Waals surface area contributed by atoms with E-state index in [0.717, 1.165) is 12.8 Å². The van der Waals surface area contributed by atoms with Crippen molar-refractivity contribution < 1.29 is 14.6 Å². The number of amides is 1. The molecule has 0 bridgehead atoms. The number of ether oxygens (including phenoxy) is 1. The summed E-state index contributed by atoms with van der Waals surface area (Å²) in [5.74, 6) is 0. The van der Waals surface area contributed by atoms with Gasteiger partial charge in [0.05, 0.1) is 13.2 Å². The molecule has 0 aromatic carbocycles. The summed E-state index contributed by atoms with van der Waals surface area (Å²) in [6.07, 6.45) is 4.05. The minimum absolute atomic E-state index is 0.0606. The van der Waals surface area contributed by atoms with Gasteiger partial charge >= 0.3 is 6.09 Å². The van der Waals surface area contributed by atoms with Gasteiger partial charge in [-0.25, -0.2) is 4.79 Å². The molecule has 1 aliphatic carbocycles. The fraction of sp³-hybridized carbons (Fsp3) is 0.889.